The lowest BCUT2D eigenvalue weighted by Gasteiger charge is -2.31. The van der Waals surface area contributed by atoms with Crippen LogP contribution in [-0.4, -0.2) is 12.6 Å². The van der Waals surface area contributed by atoms with E-state index in [2.05, 4.69) is 80.7 Å². The smallest absolute Gasteiger partial charge is 0.114 e. The van der Waals surface area contributed by atoms with Gasteiger partial charge in [0.25, 0.3) is 0 Å². The van der Waals surface area contributed by atoms with Crippen molar-refractivity contribution >= 4 is 5.69 Å². The van der Waals surface area contributed by atoms with Crippen LogP contribution in [0.3, 0.4) is 0 Å². The van der Waals surface area contributed by atoms with Gasteiger partial charge < -0.3 is 10.1 Å². The molecule has 0 aromatic heterocycles. The molecule has 4 rings (SSSR count). The van der Waals surface area contributed by atoms with Gasteiger partial charge in [-0.05, 0) is 59.9 Å². The molecule has 0 spiro atoms. The van der Waals surface area contributed by atoms with Gasteiger partial charge in [-0.3, -0.25) is 0 Å². The highest BCUT2D eigenvalue weighted by molar-refractivity contribution is 5.82. The molecular weight excluding hydrogens is 306 g/mol. The summed E-state index contributed by atoms with van der Waals surface area (Å²) in [6, 6.07) is 15.5. The van der Waals surface area contributed by atoms with Crippen LogP contribution < -0.4 is 5.32 Å². The summed E-state index contributed by atoms with van der Waals surface area (Å²) in [5.74, 6) is 0.935. The Labute approximate surface area is 150 Å². The number of benzene rings is 2. The van der Waals surface area contributed by atoms with Crippen LogP contribution in [0.5, 0.6) is 0 Å². The third kappa shape index (κ3) is 2.57. The fraction of sp³-hybridized carbons (Fsp3) is 0.304. The minimum Gasteiger partial charge on any atom is -0.497 e. The Balaban J connectivity index is 1.67. The van der Waals surface area contributed by atoms with Crippen molar-refractivity contribution in [1.29, 1.82) is 0 Å². The molecule has 1 atom stereocenters. The fourth-order valence-corrected chi connectivity index (χ4v) is 4.07. The van der Waals surface area contributed by atoms with E-state index in [1.54, 1.807) is 7.11 Å². The van der Waals surface area contributed by atoms with Crippen molar-refractivity contribution < 1.29 is 4.74 Å². The zero-order valence-electron chi connectivity index (χ0n) is 15.4. The molecular formula is C23H25NO. The lowest BCUT2D eigenvalue weighted by molar-refractivity contribution is 0.301. The number of allylic oxidation sites excluding steroid dienone is 1. The zero-order valence-corrected chi connectivity index (χ0v) is 15.4. The van der Waals surface area contributed by atoms with Crippen LogP contribution in [0.25, 0.3) is 11.1 Å². The first-order valence-electron chi connectivity index (χ1n) is 8.89. The van der Waals surface area contributed by atoms with Gasteiger partial charge in [0.05, 0.1) is 12.6 Å². The summed E-state index contributed by atoms with van der Waals surface area (Å²) in [4.78, 5) is 0. The Morgan fingerprint density at radius 1 is 0.960 bits per heavy atom. The Kier molecular flexibility index (Phi) is 3.54. The van der Waals surface area contributed by atoms with Gasteiger partial charge in [-0.25, -0.2) is 0 Å². The molecule has 0 fully saturated rings. The summed E-state index contributed by atoms with van der Waals surface area (Å²) in [7, 11) is 1.71. The maximum atomic E-state index is 5.30. The number of anilines is 1. The predicted molar refractivity (Wildman–Crippen MR) is 105 cm³/mol. The van der Waals surface area contributed by atoms with E-state index in [9.17, 15) is 0 Å². The molecule has 1 N–H and O–H groups in total. The molecule has 1 unspecified atom stereocenters. The molecule has 0 saturated heterocycles. The van der Waals surface area contributed by atoms with Crippen LogP contribution in [0, 0.1) is 0 Å². The van der Waals surface area contributed by atoms with Crippen LogP contribution in [0.15, 0.2) is 66.5 Å². The van der Waals surface area contributed by atoms with Gasteiger partial charge in [-0.1, -0.05) is 50.3 Å². The topological polar surface area (TPSA) is 21.3 Å². The molecule has 2 nitrogen and oxygen atoms in total. The van der Waals surface area contributed by atoms with E-state index in [1.807, 2.05) is 6.08 Å². The third-order valence-electron chi connectivity index (χ3n) is 5.59. The molecule has 2 heteroatoms. The molecule has 0 saturated carbocycles. The second kappa shape index (κ2) is 5.52. The maximum Gasteiger partial charge on any atom is 0.114 e. The van der Waals surface area contributed by atoms with E-state index >= 15 is 0 Å². The second-order valence-corrected chi connectivity index (χ2v) is 7.82. The Bertz CT molecular complexity index is 891. The van der Waals surface area contributed by atoms with E-state index in [0.29, 0.717) is 0 Å². The van der Waals surface area contributed by atoms with Crippen molar-refractivity contribution in [3.8, 4) is 11.1 Å². The normalized spacial score (nSPS) is 22.8. The molecule has 0 heterocycles. The number of fused-ring (bicyclic) bond motifs is 3. The highest BCUT2D eigenvalue weighted by atomic mass is 16.5. The number of nitrogens with one attached hydrogen (secondary N) is 1. The number of methoxy groups -OCH3 is 1. The average molecular weight is 331 g/mol. The van der Waals surface area contributed by atoms with Crippen molar-refractivity contribution in [3.05, 3.63) is 77.6 Å². The molecule has 0 aliphatic heterocycles. The SMILES string of the molecule is COC1=CCC(C)(Nc2ccc3c(c2)C(C)(C)c2ccccc2-3)C=C1. The Hall–Kier alpha value is -2.48. The predicted octanol–water partition coefficient (Wildman–Crippen LogP) is 5.65. The zero-order chi connectivity index (χ0) is 17.7. The van der Waals surface area contributed by atoms with Gasteiger partial charge in [0.2, 0.25) is 0 Å². The summed E-state index contributed by atoms with van der Waals surface area (Å²) < 4.78 is 5.30. The van der Waals surface area contributed by atoms with Gasteiger partial charge in [-0.15, -0.1) is 0 Å². The first-order chi connectivity index (χ1) is 11.9. The highest BCUT2D eigenvalue weighted by Crippen LogP contribution is 2.49. The van der Waals surface area contributed by atoms with E-state index in [-0.39, 0.29) is 11.0 Å². The third-order valence-corrected chi connectivity index (χ3v) is 5.59. The van der Waals surface area contributed by atoms with Crippen molar-refractivity contribution in [3.63, 3.8) is 0 Å². The monoisotopic (exact) mass is 331 g/mol. The van der Waals surface area contributed by atoms with Crippen molar-refractivity contribution in [2.75, 3.05) is 12.4 Å². The largest absolute Gasteiger partial charge is 0.497 e. The molecule has 2 aliphatic rings. The summed E-state index contributed by atoms with van der Waals surface area (Å²) in [6.45, 7) is 6.86. The van der Waals surface area contributed by atoms with Gasteiger partial charge in [0.1, 0.15) is 5.76 Å². The average Bonchev–Trinajstić information content (AvgIpc) is 2.84. The summed E-state index contributed by atoms with van der Waals surface area (Å²) in [6.07, 6.45) is 7.29. The quantitative estimate of drug-likeness (QED) is 0.784. The highest BCUT2D eigenvalue weighted by Gasteiger charge is 2.35. The number of hydrogen-bond acceptors (Lipinski definition) is 2. The minimum atomic E-state index is -0.0914. The standard InChI is InChI=1S/C23H25NO/c1-22(2)20-8-6-5-7-18(20)19-10-9-16(15-21(19)22)24-23(3)13-11-17(25-4)12-14-23/h5-13,15,24H,14H2,1-4H3. The second-order valence-electron chi connectivity index (χ2n) is 7.82. The van der Waals surface area contributed by atoms with E-state index in [1.165, 1.54) is 27.9 Å². The van der Waals surface area contributed by atoms with Gasteiger partial charge in [0, 0.05) is 11.1 Å². The molecule has 25 heavy (non-hydrogen) atoms. The minimum absolute atomic E-state index is 0.0377. The molecule has 0 radical (unpaired) electrons. The lowest BCUT2D eigenvalue weighted by atomic mass is 9.82. The van der Waals surface area contributed by atoms with Gasteiger partial charge in [-0.2, -0.15) is 0 Å². The molecule has 0 bridgehead atoms. The molecule has 2 aromatic rings. The van der Waals surface area contributed by atoms with E-state index in [0.717, 1.165) is 12.2 Å². The Morgan fingerprint density at radius 3 is 2.44 bits per heavy atom. The van der Waals surface area contributed by atoms with Crippen LogP contribution in [0.1, 0.15) is 38.3 Å². The summed E-state index contributed by atoms with van der Waals surface area (Å²) in [5, 5.41) is 3.71. The number of rotatable bonds is 3. The Morgan fingerprint density at radius 2 is 1.72 bits per heavy atom. The number of hydrogen-bond donors (Lipinski definition) is 1. The van der Waals surface area contributed by atoms with Gasteiger partial charge in [0.15, 0.2) is 0 Å². The first-order valence-corrected chi connectivity index (χ1v) is 8.89. The summed E-state index contributed by atoms with van der Waals surface area (Å²) in [5.41, 5.74) is 6.65. The van der Waals surface area contributed by atoms with Gasteiger partial charge >= 0.3 is 0 Å². The van der Waals surface area contributed by atoms with E-state index in [4.69, 9.17) is 4.74 Å². The maximum absolute atomic E-state index is 5.30. The van der Waals surface area contributed by atoms with Crippen molar-refractivity contribution in [2.24, 2.45) is 0 Å². The molecule has 2 aromatic carbocycles. The molecule has 2 aliphatic carbocycles. The lowest BCUT2D eigenvalue weighted by Crippen LogP contribution is -2.33. The molecule has 128 valence electrons. The van der Waals surface area contributed by atoms with Crippen LogP contribution in [0.4, 0.5) is 5.69 Å². The van der Waals surface area contributed by atoms with Crippen molar-refractivity contribution in [2.45, 2.75) is 38.1 Å². The number of ether oxygens (including phenoxy) is 1. The fourth-order valence-electron chi connectivity index (χ4n) is 4.07. The van der Waals surface area contributed by atoms with Crippen LogP contribution in [0.2, 0.25) is 0 Å². The van der Waals surface area contributed by atoms with Crippen molar-refractivity contribution in [1.82, 2.24) is 0 Å². The van der Waals surface area contributed by atoms with Crippen LogP contribution in [-0.2, 0) is 10.2 Å². The van der Waals surface area contributed by atoms with E-state index < -0.39 is 0 Å². The first kappa shape index (κ1) is 16.0. The summed E-state index contributed by atoms with van der Waals surface area (Å²) >= 11 is 0. The van der Waals surface area contributed by atoms with Crippen LogP contribution >= 0.6 is 0 Å². The molecule has 0 amide bonds.